The lowest BCUT2D eigenvalue weighted by Crippen LogP contribution is -2.36. The maximum absolute atomic E-state index is 12.4. The Labute approximate surface area is 152 Å². The number of methoxy groups -OCH3 is 1. The van der Waals surface area contributed by atoms with Crippen molar-refractivity contribution in [3.63, 3.8) is 0 Å². The van der Waals surface area contributed by atoms with Crippen LogP contribution in [0.15, 0.2) is 42.5 Å². The van der Waals surface area contributed by atoms with Gasteiger partial charge >= 0.3 is 6.09 Å². The zero-order valence-electron chi connectivity index (χ0n) is 15.1. The molecule has 0 atom stereocenters. The number of pyridine rings is 1. The van der Waals surface area contributed by atoms with Gasteiger partial charge in [-0.3, -0.25) is 4.90 Å². The van der Waals surface area contributed by atoms with Gasteiger partial charge in [-0.1, -0.05) is 23.8 Å². The van der Waals surface area contributed by atoms with E-state index in [0.717, 1.165) is 33.3 Å². The number of nitrogens with zero attached hydrogens (tertiary/aromatic N) is 2. The van der Waals surface area contributed by atoms with Crippen LogP contribution in [0, 0.1) is 13.8 Å². The zero-order chi connectivity index (χ0) is 18.3. The van der Waals surface area contributed by atoms with Crippen LogP contribution >= 0.6 is 0 Å². The summed E-state index contributed by atoms with van der Waals surface area (Å²) >= 11 is 0. The molecule has 0 spiro atoms. The highest BCUT2D eigenvalue weighted by Gasteiger charge is 2.26. The van der Waals surface area contributed by atoms with E-state index in [1.54, 1.807) is 12.0 Å². The summed E-state index contributed by atoms with van der Waals surface area (Å²) in [5, 5.41) is 1.07. The van der Waals surface area contributed by atoms with Crippen LogP contribution in [-0.4, -0.2) is 23.1 Å². The molecule has 26 heavy (non-hydrogen) atoms. The van der Waals surface area contributed by atoms with Crippen LogP contribution in [0.2, 0.25) is 0 Å². The van der Waals surface area contributed by atoms with Gasteiger partial charge in [-0.2, -0.15) is 0 Å². The van der Waals surface area contributed by atoms with Crippen LogP contribution in [0.3, 0.4) is 0 Å². The number of fused-ring (bicyclic) bond motifs is 2. The van der Waals surface area contributed by atoms with Crippen molar-refractivity contribution in [2.75, 3.05) is 7.11 Å². The van der Waals surface area contributed by atoms with Crippen LogP contribution < -0.4 is 9.47 Å². The molecule has 0 aliphatic carbocycles. The van der Waals surface area contributed by atoms with Crippen LogP contribution in [-0.2, 0) is 13.1 Å². The van der Waals surface area contributed by atoms with Gasteiger partial charge in [-0.05, 0) is 49.2 Å². The Morgan fingerprint density at radius 2 is 1.92 bits per heavy atom. The third-order valence-electron chi connectivity index (χ3n) is 4.63. The van der Waals surface area contributed by atoms with Crippen LogP contribution in [0.4, 0.5) is 4.79 Å². The summed E-state index contributed by atoms with van der Waals surface area (Å²) in [4.78, 5) is 18.7. The fourth-order valence-electron chi connectivity index (χ4n) is 3.37. The summed E-state index contributed by atoms with van der Waals surface area (Å²) in [7, 11) is 1.63. The Morgan fingerprint density at radius 1 is 1.15 bits per heavy atom. The summed E-state index contributed by atoms with van der Waals surface area (Å²) in [6, 6.07) is 14.0. The molecule has 1 amide bonds. The molecule has 1 aliphatic heterocycles. The first-order chi connectivity index (χ1) is 12.5. The number of carbonyl (C=O) groups is 1. The van der Waals surface area contributed by atoms with Gasteiger partial charge in [-0.15, -0.1) is 0 Å². The van der Waals surface area contributed by atoms with Gasteiger partial charge in [0.15, 0.2) is 0 Å². The molecule has 5 heteroatoms. The molecule has 2 heterocycles. The van der Waals surface area contributed by atoms with Crippen LogP contribution in [0.5, 0.6) is 11.6 Å². The van der Waals surface area contributed by atoms with Crippen LogP contribution in [0.25, 0.3) is 10.9 Å². The van der Waals surface area contributed by atoms with E-state index in [0.29, 0.717) is 19.0 Å². The largest absolute Gasteiger partial charge is 0.497 e. The zero-order valence-corrected chi connectivity index (χ0v) is 15.1. The number of aromatic nitrogens is 1. The lowest BCUT2D eigenvalue weighted by atomic mass is 10.0. The highest BCUT2D eigenvalue weighted by molar-refractivity contribution is 5.85. The van der Waals surface area contributed by atoms with E-state index in [1.165, 1.54) is 5.56 Å². The van der Waals surface area contributed by atoms with Gasteiger partial charge in [-0.25, -0.2) is 9.78 Å². The van der Waals surface area contributed by atoms with Gasteiger partial charge in [0.05, 0.1) is 19.2 Å². The fraction of sp³-hybridized carbons (Fsp3) is 0.238. The molecule has 0 radical (unpaired) electrons. The Bertz CT molecular complexity index is 996. The third kappa shape index (κ3) is 2.96. The third-order valence-corrected chi connectivity index (χ3v) is 4.63. The Morgan fingerprint density at radius 3 is 2.65 bits per heavy atom. The molecule has 1 aromatic heterocycles. The van der Waals surface area contributed by atoms with Crippen molar-refractivity contribution in [1.82, 2.24) is 9.88 Å². The molecule has 0 N–H and O–H groups in total. The molecule has 0 unspecified atom stereocenters. The molecule has 2 aromatic carbocycles. The Hall–Kier alpha value is -3.08. The van der Waals surface area contributed by atoms with Crippen molar-refractivity contribution in [3.05, 3.63) is 64.7 Å². The van der Waals surface area contributed by atoms with Crippen LogP contribution in [0.1, 0.15) is 22.3 Å². The number of ether oxygens (including phenoxy) is 2. The smallest absolute Gasteiger partial charge is 0.417 e. The van der Waals surface area contributed by atoms with E-state index < -0.39 is 0 Å². The molecule has 3 aromatic rings. The van der Waals surface area contributed by atoms with Gasteiger partial charge in [0.25, 0.3) is 0 Å². The second-order valence-electron chi connectivity index (χ2n) is 6.68. The molecular weight excluding hydrogens is 328 g/mol. The second-order valence-corrected chi connectivity index (χ2v) is 6.68. The number of benzene rings is 2. The summed E-state index contributed by atoms with van der Waals surface area (Å²) in [6.45, 7) is 5.06. The molecule has 4 rings (SSSR count). The predicted octanol–water partition coefficient (Wildman–Crippen LogP) is 4.37. The maximum Gasteiger partial charge on any atom is 0.417 e. The van der Waals surface area contributed by atoms with Crippen molar-refractivity contribution >= 4 is 17.0 Å². The SMILES string of the molecule is COc1ccc(CN2Cc3cc4cc(C)cc(C)c4nc3OC2=O)cc1. The van der Waals surface area contributed by atoms with E-state index in [2.05, 4.69) is 30.1 Å². The van der Waals surface area contributed by atoms with E-state index in [-0.39, 0.29) is 6.09 Å². The summed E-state index contributed by atoms with van der Waals surface area (Å²) in [5.74, 6) is 1.21. The van der Waals surface area contributed by atoms with E-state index in [4.69, 9.17) is 9.47 Å². The number of hydrogen-bond donors (Lipinski definition) is 0. The average molecular weight is 348 g/mol. The molecule has 1 aliphatic rings. The van der Waals surface area contributed by atoms with E-state index in [9.17, 15) is 4.79 Å². The number of amides is 1. The summed E-state index contributed by atoms with van der Waals surface area (Å²) < 4.78 is 10.7. The Kier molecular flexibility index (Phi) is 3.99. The lowest BCUT2D eigenvalue weighted by Gasteiger charge is -2.27. The maximum atomic E-state index is 12.4. The minimum Gasteiger partial charge on any atom is -0.497 e. The van der Waals surface area contributed by atoms with Gasteiger partial charge in [0.1, 0.15) is 5.75 Å². The number of aryl methyl sites for hydroxylation is 2. The Balaban J connectivity index is 1.64. The molecule has 0 fully saturated rings. The fourth-order valence-corrected chi connectivity index (χ4v) is 3.37. The molecule has 0 saturated heterocycles. The first kappa shape index (κ1) is 16.4. The standard InChI is InChI=1S/C21H20N2O3/c1-13-8-14(2)19-16(9-13)10-17-12-23(21(24)26-20(17)22-19)11-15-4-6-18(25-3)7-5-15/h4-10H,11-12H2,1-3H3. The summed E-state index contributed by atoms with van der Waals surface area (Å²) in [5.41, 5.74) is 5.10. The minimum atomic E-state index is -0.370. The second kappa shape index (κ2) is 6.33. The molecule has 132 valence electrons. The van der Waals surface area contributed by atoms with Crippen molar-refractivity contribution < 1.29 is 14.3 Å². The minimum absolute atomic E-state index is 0.370. The van der Waals surface area contributed by atoms with E-state index in [1.807, 2.05) is 31.2 Å². The van der Waals surface area contributed by atoms with Gasteiger partial charge < -0.3 is 9.47 Å². The molecular formula is C21H20N2O3. The average Bonchev–Trinajstić information content (AvgIpc) is 2.62. The van der Waals surface area contributed by atoms with Gasteiger partial charge in [0.2, 0.25) is 5.88 Å². The molecule has 0 saturated carbocycles. The molecule has 5 nitrogen and oxygen atoms in total. The topological polar surface area (TPSA) is 51.7 Å². The van der Waals surface area contributed by atoms with Crippen molar-refractivity contribution in [2.24, 2.45) is 0 Å². The van der Waals surface area contributed by atoms with Crippen molar-refractivity contribution in [1.29, 1.82) is 0 Å². The highest BCUT2D eigenvalue weighted by Crippen LogP contribution is 2.30. The van der Waals surface area contributed by atoms with Gasteiger partial charge in [0, 0.05) is 17.5 Å². The summed E-state index contributed by atoms with van der Waals surface area (Å²) in [6.07, 6.45) is -0.370. The predicted molar refractivity (Wildman–Crippen MR) is 99.5 cm³/mol. The monoisotopic (exact) mass is 348 g/mol. The van der Waals surface area contributed by atoms with E-state index >= 15 is 0 Å². The highest BCUT2D eigenvalue weighted by atomic mass is 16.6. The quantitative estimate of drug-likeness (QED) is 0.705. The normalized spacial score (nSPS) is 13.5. The number of rotatable bonds is 3. The first-order valence-corrected chi connectivity index (χ1v) is 8.54. The lowest BCUT2D eigenvalue weighted by molar-refractivity contribution is 0.133. The van der Waals surface area contributed by atoms with Crippen molar-refractivity contribution in [3.8, 4) is 11.6 Å². The van der Waals surface area contributed by atoms with Crippen molar-refractivity contribution in [2.45, 2.75) is 26.9 Å². The first-order valence-electron chi connectivity index (χ1n) is 8.54. The number of hydrogen-bond acceptors (Lipinski definition) is 4. The number of carbonyl (C=O) groups excluding carboxylic acids is 1. The molecule has 0 bridgehead atoms.